The zero-order chi connectivity index (χ0) is 17.2. The average molecular weight is 326 g/mol. The first-order valence-electron chi connectivity index (χ1n) is 9.43. The molecule has 0 aliphatic carbocycles. The summed E-state index contributed by atoms with van der Waals surface area (Å²) < 4.78 is 0. The summed E-state index contributed by atoms with van der Waals surface area (Å²) in [6, 6.07) is 1.88. The van der Waals surface area contributed by atoms with Crippen molar-refractivity contribution < 1.29 is 0 Å². The maximum absolute atomic E-state index is 4.35. The zero-order valence-corrected chi connectivity index (χ0v) is 16.2. The molecular weight excluding hydrogens is 286 g/mol. The third kappa shape index (κ3) is 7.08. The monoisotopic (exact) mass is 325 g/mol. The zero-order valence-electron chi connectivity index (χ0n) is 16.2. The number of aliphatic imine (C=N–C) groups is 1. The summed E-state index contributed by atoms with van der Waals surface area (Å²) in [5.74, 6) is 0.939. The van der Waals surface area contributed by atoms with Crippen LogP contribution in [0.15, 0.2) is 4.99 Å². The van der Waals surface area contributed by atoms with Gasteiger partial charge in [0.15, 0.2) is 5.96 Å². The minimum atomic E-state index is 0.606. The Labute approximate surface area is 143 Å². The highest BCUT2D eigenvalue weighted by molar-refractivity contribution is 5.79. The van der Waals surface area contributed by atoms with Gasteiger partial charge in [-0.1, -0.05) is 6.92 Å². The molecule has 1 saturated heterocycles. The van der Waals surface area contributed by atoms with E-state index >= 15 is 0 Å². The van der Waals surface area contributed by atoms with E-state index in [0.717, 1.165) is 38.6 Å². The van der Waals surface area contributed by atoms with Crippen molar-refractivity contribution in [1.82, 2.24) is 20.4 Å². The van der Waals surface area contributed by atoms with Crippen LogP contribution in [0.3, 0.4) is 0 Å². The SMILES string of the molecule is CCN1CCCC1CNC(=NC)NCCCN(C(C)C)C(C)C. The van der Waals surface area contributed by atoms with Gasteiger partial charge in [-0.25, -0.2) is 0 Å². The van der Waals surface area contributed by atoms with Gasteiger partial charge in [-0.2, -0.15) is 0 Å². The van der Waals surface area contributed by atoms with Gasteiger partial charge in [0.1, 0.15) is 0 Å². The van der Waals surface area contributed by atoms with E-state index in [-0.39, 0.29) is 0 Å². The summed E-state index contributed by atoms with van der Waals surface area (Å²) in [4.78, 5) is 9.45. The fourth-order valence-corrected chi connectivity index (χ4v) is 3.56. The second-order valence-electron chi connectivity index (χ2n) is 7.08. The van der Waals surface area contributed by atoms with Gasteiger partial charge in [0, 0.05) is 44.8 Å². The molecule has 136 valence electrons. The molecule has 1 aliphatic rings. The second-order valence-corrected chi connectivity index (χ2v) is 7.08. The predicted octanol–water partition coefficient (Wildman–Crippen LogP) is 2.14. The molecular formula is C18H39N5. The minimum absolute atomic E-state index is 0.606. The van der Waals surface area contributed by atoms with E-state index in [9.17, 15) is 0 Å². The summed E-state index contributed by atoms with van der Waals surface area (Å²) in [6.07, 6.45) is 3.77. The standard InChI is InChI=1S/C18H39N5/c1-7-22-12-8-10-17(22)14-21-18(19-6)20-11-9-13-23(15(2)3)16(4)5/h15-17H,7-14H2,1-6H3,(H2,19,20,21). The van der Waals surface area contributed by atoms with Crippen molar-refractivity contribution in [1.29, 1.82) is 0 Å². The molecule has 0 aromatic rings. The normalized spacial score (nSPS) is 20.0. The van der Waals surface area contributed by atoms with Crippen molar-refractivity contribution in [2.24, 2.45) is 4.99 Å². The van der Waals surface area contributed by atoms with E-state index in [4.69, 9.17) is 0 Å². The Balaban J connectivity index is 2.24. The van der Waals surface area contributed by atoms with Crippen LogP contribution in [0.4, 0.5) is 0 Å². The molecule has 0 aromatic carbocycles. The average Bonchev–Trinajstić information content (AvgIpc) is 2.96. The number of nitrogens with one attached hydrogen (secondary N) is 2. The van der Waals surface area contributed by atoms with E-state index in [1.54, 1.807) is 0 Å². The molecule has 1 fully saturated rings. The first-order valence-corrected chi connectivity index (χ1v) is 9.43. The largest absolute Gasteiger partial charge is 0.356 e. The van der Waals surface area contributed by atoms with Gasteiger partial charge in [-0.15, -0.1) is 0 Å². The molecule has 1 rings (SSSR count). The minimum Gasteiger partial charge on any atom is -0.356 e. The Hall–Kier alpha value is -0.810. The number of hydrogen-bond donors (Lipinski definition) is 2. The summed E-state index contributed by atoms with van der Waals surface area (Å²) >= 11 is 0. The van der Waals surface area contributed by atoms with Gasteiger partial charge >= 0.3 is 0 Å². The summed E-state index contributed by atoms with van der Waals surface area (Å²) in [7, 11) is 1.86. The summed E-state index contributed by atoms with van der Waals surface area (Å²) in [5, 5.41) is 6.95. The lowest BCUT2D eigenvalue weighted by molar-refractivity contribution is 0.173. The number of guanidine groups is 1. The molecule has 5 heteroatoms. The molecule has 1 aliphatic heterocycles. The molecule has 1 unspecified atom stereocenters. The van der Waals surface area contributed by atoms with Gasteiger partial charge in [0.2, 0.25) is 0 Å². The quantitative estimate of drug-likeness (QED) is 0.387. The van der Waals surface area contributed by atoms with Crippen LogP contribution < -0.4 is 10.6 Å². The highest BCUT2D eigenvalue weighted by Crippen LogP contribution is 2.15. The number of likely N-dealkylation sites (N-methyl/N-ethyl adjacent to an activating group) is 1. The van der Waals surface area contributed by atoms with Gasteiger partial charge < -0.3 is 10.6 Å². The van der Waals surface area contributed by atoms with Crippen LogP contribution in [0.25, 0.3) is 0 Å². The van der Waals surface area contributed by atoms with Crippen molar-refractivity contribution >= 4 is 5.96 Å². The fourth-order valence-electron chi connectivity index (χ4n) is 3.56. The first kappa shape index (κ1) is 20.2. The first-order chi connectivity index (χ1) is 11.0. The van der Waals surface area contributed by atoms with E-state index < -0.39 is 0 Å². The molecule has 0 saturated carbocycles. The molecule has 0 bridgehead atoms. The molecule has 1 heterocycles. The Kier molecular flexibility index (Phi) is 9.56. The maximum atomic E-state index is 4.35. The Morgan fingerprint density at radius 3 is 2.48 bits per heavy atom. The maximum Gasteiger partial charge on any atom is 0.191 e. The number of rotatable bonds is 9. The molecule has 0 spiro atoms. The predicted molar refractivity (Wildman–Crippen MR) is 101 cm³/mol. The highest BCUT2D eigenvalue weighted by Gasteiger charge is 2.22. The van der Waals surface area contributed by atoms with E-state index in [0.29, 0.717) is 18.1 Å². The van der Waals surface area contributed by atoms with Gasteiger partial charge in [-0.3, -0.25) is 14.8 Å². The van der Waals surface area contributed by atoms with Crippen LogP contribution in [0.2, 0.25) is 0 Å². The number of likely N-dealkylation sites (tertiary alicyclic amines) is 1. The molecule has 0 radical (unpaired) electrons. The van der Waals surface area contributed by atoms with E-state index in [2.05, 4.69) is 60.0 Å². The molecule has 5 nitrogen and oxygen atoms in total. The lowest BCUT2D eigenvalue weighted by Crippen LogP contribution is -2.45. The van der Waals surface area contributed by atoms with Crippen LogP contribution in [0.5, 0.6) is 0 Å². The topological polar surface area (TPSA) is 42.9 Å². The van der Waals surface area contributed by atoms with Crippen molar-refractivity contribution in [2.75, 3.05) is 39.8 Å². The summed E-state index contributed by atoms with van der Waals surface area (Å²) in [5.41, 5.74) is 0. The van der Waals surface area contributed by atoms with Gasteiger partial charge in [0.05, 0.1) is 0 Å². The van der Waals surface area contributed by atoms with Gasteiger partial charge in [-0.05, 0) is 60.0 Å². The van der Waals surface area contributed by atoms with Crippen molar-refractivity contribution in [2.45, 2.75) is 72.0 Å². The lowest BCUT2D eigenvalue weighted by Gasteiger charge is -2.30. The highest BCUT2D eigenvalue weighted by atomic mass is 15.2. The molecule has 23 heavy (non-hydrogen) atoms. The fraction of sp³-hybridized carbons (Fsp3) is 0.944. The van der Waals surface area contributed by atoms with Crippen LogP contribution in [0.1, 0.15) is 53.9 Å². The third-order valence-electron chi connectivity index (χ3n) is 4.85. The number of hydrogen-bond acceptors (Lipinski definition) is 3. The van der Waals surface area contributed by atoms with Crippen molar-refractivity contribution in [3.8, 4) is 0 Å². The Morgan fingerprint density at radius 2 is 1.91 bits per heavy atom. The van der Waals surface area contributed by atoms with Crippen LogP contribution in [0, 0.1) is 0 Å². The Morgan fingerprint density at radius 1 is 1.22 bits per heavy atom. The van der Waals surface area contributed by atoms with Crippen LogP contribution >= 0.6 is 0 Å². The molecule has 2 N–H and O–H groups in total. The summed E-state index contributed by atoms with van der Waals surface area (Å²) in [6.45, 7) is 16.8. The second kappa shape index (κ2) is 10.9. The van der Waals surface area contributed by atoms with Gasteiger partial charge in [0.25, 0.3) is 0 Å². The third-order valence-corrected chi connectivity index (χ3v) is 4.85. The van der Waals surface area contributed by atoms with Crippen LogP contribution in [-0.4, -0.2) is 73.7 Å². The smallest absolute Gasteiger partial charge is 0.191 e. The van der Waals surface area contributed by atoms with E-state index in [1.807, 2.05) is 7.05 Å². The Bertz CT molecular complexity index is 332. The van der Waals surface area contributed by atoms with Crippen LogP contribution in [-0.2, 0) is 0 Å². The lowest BCUT2D eigenvalue weighted by atomic mass is 10.2. The number of nitrogens with zero attached hydrogens (tertiary/aromatic N) is 3. The van der Waals surface area contributed by atoms with E-state index in [1.165, 1.54) is 19.4 Å². The van der Waals surface area contributed by atoms with Crippen molar-refractivity contribution in [3.63, 3.8) is 0 Å². The molecule has 0 aromatic heterocycles. The molecule has 0 amide bonds. The molecule has 1 atom stereocenters. The van der Waals surface area contributed by atoms with Crippen molar-refractivity contribution in [3.05, 3.63) is 0 Å².